The maximum absolute atomic E-state index is 13.7. The van der Waals surface area contributed by atoms with Gasteiger partial charge in [-0.3, -0.25) is 9.59 Å². The van der Waals surface area contributed by atoms with E-state index in [0.717, 1.165) is 0 Å². The Morgan fingerprint density at radius 3 is 2.38 bits per heavy atom. The topological polar surface area (TPSA) is 91.4 Å². The van der Waals surface area contributed by atoms with E-state index < -0.39 is 11.9 Å². The van der Waals surface area contributed by atoms with Crippen LogP contribution in [0.5, 0.6) is 17.2 Å². The van der Waals surface area contributed by atoms with Crippen LogP contribution in [0, 0.1) is 0 Å². The summed E-state index contributed by atoms with van der Waals surface area (Å²) in [4.78, 5) is 28.8. The smallest absolute Gasteiger partial charge is 0.291 e. The van der Waals surface area contributed by atoms with Crippen LogP contribution in [-0.4, -0.2) is 32.1 Å². The largest absolute Gasteiger partial charge is 0.496 e. The fraction of sp³-hybridized carbons (Fsp3) is 0.200. The molecule has 0 fully saturated rings. The molecule has 0 saturated heterocycles. The lowest BCUT2D eigenvalue weighted by Crippen LogP contribution is -2.29. The van der Waals surface area contributed by atoms with Gasteiger partial charge in [0, 0.05) is 16.7 Å². The predicted molar refractivity (Wildman–Crippen MR) is 124 cm³/mol. The monoisotopic (exact) mass is 481 g/mol. The highest BCUT2D eigenvalue weighted by atomic mass is 35.5. The zero-order valence-corrected chi connectivity index (χ0v) is 19.3. The molecule has 5 rings (SSSR count). The van der Waals surface area contributed by atoms with Crippen molar-refractivity contribution in [3.8, 4) is 17.2 Å². The summed E-state index contributed by atoms with van der Waals surface area (Å²) in [5.74, 6) is 1.35. The highest BCUT2D eigenvalue weighted by Gasteiger charge is 2.44. The molecule has 1 unspecified atom stereocenters. The van der Waals surface area contributed by atoms with Gasteiger partial charge in [-0.2, -0.15) is 0 Å². The van der Waals surface area contributed by atoms with Crippen LogP contribution in [0.15, 0.2) is 62.4 Å². The third-order valence-electron chi connectivity index (χ3n) is 5.86. The third-order valence-corrected chi connectivity index (χ3v) is 6.10. The van der Waals surface area contributed by atoms with E-state index in [0.29, 0.717) is 33.6 Å². The Morgan fingerprint density at radius 2 is 1.71 bits per heavy atom. The minimum Gasteiger partial charge on any atom is -0.496 e. The highest BCUT2D eigenvalue weighted by molar-refractivity contribution is 6.31. The Kier molecular flexibility index (Phi) is 5.45. The summed E-state index contributed by atoms with van der Waals surface area (Å²) >= 11 is 6.15. The second kappa shape index (κ2) is 8.46. The molecule has 1 aliphatic rings. The second-order valence-corrected chi connectivity index (χ2v) is 8.11. The fourth-order valence-corrected chi connectivity index (χ4v) is 4.49. The molecule has 1 atom stereocenters. The number of fused-ring (bicyclic) bond motifs is 2. The van der Waals surface area contributed by atoms with E-state index in [9.17, 15) is 9.59 Å². The number of hydrogen-bond acceptors (Lipinski definition) is 7. The lowest BCUT2D eigenvalue weighted by molar-refractivity contribution is 0.0700. The van der Waals surface area contributed by atoms with E-state index in [1.165, 1.54) is 38.6 Å². The lowest BCUT2D eigenvalue weighted by atomic mass is 9.97. The molecule has 0 aliphatic carbocycles. The summed E-state index contributed by atoms with van der Waals surface area (Å²) in [6, 6.07) is 10.7. The summed E-state index contributed by atoms with van der Waals surface area (Å²) in [6.45, 7) is 0.106. The number of ether oxygens (including phenoxy) is 3. The van der Waals surface area contributed by atoms with Crippen molar-refractivity contribution in [2.24, 2.45) is 0 Å². The standard InChI is InChI=1S/C25H20ClNO7/c1-30-18-11-20(32-3)19(31-2)10-15(18)22-21-23(28)16-9-13(26)6-7-17(16)34-24(21)25(29)27(22)12-14-5-4-8-33-14/h4-11,22H,12H2,1-3H3. The minimum absolute atomic E-state index is 0.0341. The number of rotatable bonds is 6. The number of hydrogen-bond donors (Lipinski definition) is 0. The molecule has 1 amide bonds. The molecule has 0 saturated carbocycles. The van der Waals surface area contributed by atoms with Crippen molar-refractivity contribution in [3.63, 3.8) is 0 Å². The van der Waals surface area contributed by atoms with Gasteiger partial charge in [0.05, 0.1) is 51.1 Å². The minimum atomic E-state index is -0.831. The van der Waals surface area contributed by atoms with Gasteiger partial charge in [0.15, 0.2) is 16.9 Å². The average molecular weight is 482 g/mol. The first-order valence-corrected chi connectivity index (χ1v) is 10.7. The van der Waals surface area contributed by atoms with Crippen molar-refractivity contribution in [1.82, 2.24) is 4.90 Å². The molecule has 34 heavy (non-hydrogen) atoms. The molecule has 9 heteroatoms. The normalized spacial score (nSPS) is 15.0. The van der Waals surface area contributed by atoms with Crippen molar-refractivity contribution in [3.05, 3.63) is 86.6 Å². The van der Waals surface area contributed by atoms with Gasteiger partial charge < -0.3 is 27.9 Å². The first kappa shape index (κ1) is 21.9. The molecule has 2 aromatic heterocycles. The molecular formula is C25H20ClNO7. The van der Waals surface area contributed by atoms with Crippen LogP contribution in [0.25, 0.3) is 11.0 Å². The Bertz CT molecular complexity index is 1460. The Hall–Kier alpha value is -3.91. The van der Waals surface area contributed by atoms with Gasteiger partial charge in [-0.15, -0.1) is 0 Å². The van der Waals surface area contributed by atoms with Gasteiger partial charge in [-0.05, 0) is 36.4 Å². The quantitative estimate of drug-likeness (QED) is 0.390. The molecule has 3 heterocycles. The number of carbonyl (C=O) groups excluding carboxylic acids is 1. The zero-order chi connectivity index (χ0) is 24.0. The summed E-state index contributed by atoms with van der Waals surface area (Å²) in [7, 11) is 4.52. The number of halogens is 1. The van der Waals surface area contributed by atoms with Crippen LogP contribution in [0.4, 0.5) is 0 Å². The van der Waals surface area contributed by atoms with Gasteiger partial charge >= 0.3 is 0 Å². The molecule has 0 spiro atoms. The number of nitrogens with zero attached hydrogens (tertiary/aromatic N) is 1. The van der Waals surface area contributed by atoms with E-state index in [2.05, 4.69) is 0 Å². The molecule has 0 bridgehead atoms. The van der Waals surface area contributed by atoms with Crippen LogP contribution in [0.1, 0.15) is 33.5 Å². The van der Waals surface area contributed by atoms with Crippen molar-refractivity contribution < 1.29 is 27.8 Å². The molecule has 0 radical (unpaired) electrons. The summed E-state index contributed by atoms with van der Waals surface area (Å²) in [6.07, 6.45) is 1.52. The van der Waals surface area contributed by atoms with Crippen LogP contribution >= 0.6 is 11.6 Å². The number of benzene rings is 2. The Balaban J connectivity index is 1.80. The van der Waals surface area contributed by atoms with Gasteiger partial charge in [0.2, 0.25) is 5.76 Å². The summed E-state index contributed by atoms with van der Waals surface area (Å²) < 4.78 is 28.0. The maximum Gasteiger partial charge on any atom is 0.291 e. The predicted octanol–water partition coefficient (Wildman–Crippen LogP) is 4.81. The van der Waals surface area contributed by atoms with Crippen LogP contribution in [0.2, 0.25) is 5.02 Å². The number of methoxy groups -OCH3 is 3. The SMILES string of the molecule is COc1cc(OC)c(C2c3c(oc4ccc(Cl)cc4c3=O)C(=O)N2Cc2ccco2)cc1OC. The van der Waals surface area contributed by atoms with E-state index >= 15 is 0 Å². The summed E-state index contributed by atoms with van der Waals surface area (Å²) in [5.41, 5.74) is 0.652. The van der Waals surface area contributed by atoms with Crippen molar-refractivity contribution >= 4 is 28.5 Å². The van der Waals surface area contributed by atoms with E-state index in [4.69, 9.17) is 34.6 Å². The Labute approximate surface area is 199 Å². The van der Waals surface area contributed by atoms with E-state index in [1.807, 2.05) is 0 Å². The van der Waals surface area contributed by atoms with E-state index in [-0.39, 0.29) is 34.3 Å². The Morgan fingerprint density at radius 1 is 0.971 bits per heavy atom. The zero-order valence-electron chi connectivity index (χ0n) is 18.6. The van der Waals surface area contributed by atoms with Gasteiger partial charge in [0.1, 0.15) is 17.1 Å². The molecular weight excluding hydrogens is 462 g/mol. The summed E-state index contributed by atoms with van der Waals surface area (Å²) in [5, 5.41) is 0.667. The van der Waals surface area contributed by atoms with Crippen LogP contribution in [-0.2, 0) is 6.54 Å². The molecule has 4 aromatic rings. The number of furan rings is 1. The van der Waals surface area contributed by atoms with Crippen LogP contribution < -0.4 is 19.6 Å². The molecule has 174 valence electrons. The highest BCUT2D eigenvalue weighted by Crippen LogP contribution is 2.46. The van der Waals surface area contributed by atoms with Crippen molar-refractivity contribution in [1.29, 1.82) is 0 Å². The van der Waals surface area contributed by atoms with Crippen LogP contribution in [0.3, 0.4) is 0 Å². The first-order chi connectivity index (χ1) is 16.5. The molecule has 1 aliphatic heterocycles. The van der Waals surface area contributed by atoms with Crippen molar-refractivity contribution in [2.75, 3.05) is 21.3 Å². The van der Waals surface area contributed by atoms with Gasteiger partial charge in [-0.1, -0.05) is 11.6 Å². The molecule has 0 N–H and O–H groups in total. The second-order valence-electron chi connectivity index (χ2n) is 7.68. The molecule has 2 aromatic carbocycles. The fourth-order valence-electron chi connectivity index (χ4n) is 4.32. The van der Waals surface area contributed by atoms with Gasteiger partial charge in [-0.25, -0.2) is 0 Å². The van der Waals surface area contributed by atoms with E-state index in [1.54, 1.807) is 36.4 Å². The lowest BCUT2D eigenvalue weighted by Gasteiger charge is -2.26. The average Bonchev–Trinajstić information content (AvgIpc) is 3.46. The first-order valence-electron chi connectivity index (χ1n) is 10.4. The maximum atomic E-state index is 13.7. The third kappa shape index (κ3) is 3.38. The number of amides is 1. The van der Waals surface area contributed by atoms with Crippen molar-refractivity contribution in [2.45, 2.75) is 12.6 Å². The van der Waals surface area contributed by atoms with Gasteiger partial charge in [0.25, 0.3) is 5.91 Å². The number of carbonyl (C=O) groups is 1. The molecule has 8 nitrogen and oxygen atoms in total.